The lowest BCUT2D eigenvalue weighted by Gasteiger charge is -2.36. The summed E-state index contributed by atoms with van der Waals surface area (Å²) in [5.74, 6) is 0.792. The average Bonchev–Trinajstić information content (AvgIpc) is 3.28. The van der Waals surface area contributed by atoms with Gasteiger partial charge in [0.15, 0.2) is 5.76 Å². The molecule has 2 aromatic rings. The third kappa shape index (κ3) is 3.86. The van der Waals surface area contributed by atoms with E-state index in [2.05, 4.69) is 14.9 Å². The Balaban J connectivity index is 1.52. The number of amides is 1. The van der Waals surface area contributed by atoms with E-state index in [1.165, 1.54) is 12.6 Å². The van der Waals surface area contributed by atoms with Crippen LogP contribution >= 0.6 is 0 Å². The van der Waals surface area contributed by atoms with Crippen LogP contribution in [0, 0.1) is 10.1 Å². The minimum absolute atomic E-state index is 0.0668. The Morgan fingerprint density at radius 3 is 2.14 bits per heavy atom. The van der Waals surface area contributed by atoms with Gasteiger partial charge in [-0.25, -0.2) is 9.97 Å². The Labute approximate surface area is 167 Å². The Morgan fingerprint density at radius 2 is 1.62 bits per heavy atom. The third-order valence-electron chi connectivity index (χ3n) is 5.37. The predicted octanol–water partition coefficient (Wildman–Crippen LogP) is 0.692. The minimum Gasteiger partial charge on any atom is -0.459 e. The number of hydrogen-bond acceptors (Lipinski definition) is 9. The fourth-order valence-corrected chi connectivity index (χ4v) is 3.68. The van der Waals surface area contributed by atoms with E-state index in [1.54, 1.807) is 17.0 Å². The summed E-state index contributed by atoms with van der Waals surface area (Å²) in [6, 6.07) is 3.31. The van der Waals surface area contributed by atoms with E-state index in [0.29, 0.717) is 56.7 Å². The zero-order valence-corrected chi connectivity index (χ0v) is 16.2. The maximum atomic E-state index is 12.4. The van der Waals surface area contributed by atoms with Crippen LogP contribution in [-0.4, -0.2) is 90.0 Å². The van der Waals surface area contributed by atoms with Gasteiger partial charge in [0.1, 0.15) is 6.33 Å². The van der Waals surface area contributed by atoms with E-state index in [-0.39, 0.29) is 11.6 Å². The van der Waals surface area contributed by atoms with Gasteiger partial charge in [0.25, 0.3) is 5.91 Å². The topological polar surface area (TPSA) is 112 Å². The number of rotatable bonds is 4. The molecule has 11 nitrogen and oxygen atoms in total. The van der Waals surface area contributed by atoms with Crippen LogP contribution in [0.3, 0.4) is 0 Å². The summed E-state index contributed by atoms with van der Waals surface area (Å²) in [5, 5.41) is 11.9. The highest BCUT2D eigenvalue weighted by Gasteiger charge is 2.33. The van der Waals surface area contributed by atoms with Crippen molar-refractivity contribution in [3.05, 3.63) is 40.6 Å². The molecule has 154 valence electrons. The zero-order chi connectivity index (χ0) is 20.4. The first-order valence-electron chi connectivity index (χ1n) is 9.55. The molecule has 2 aliphatic rings. The van der Waals surface area contributed by atoms with Crippen molar-refractivity contribution in [1.82, 2.24) is 19.8 Å². The first-order valence-corrected chi connectivity index (χ1v) is 9.55. The van der Waals surface area contributed by atoms with Gasteiger partial charge in [-0.3, -0.25) is 14.9 Å². The van der Waals surface area contributed by atoms with Crippen molar-refractivity contribution >= 4 is 23.2 Å². The lowest BCUT2D eigenvalue weighted by molar-refractivity contribution is -0.383. The number of nitrogens with zero attached hydrogens (tertiary/aromatic N) is 7. The van der Waals surface area contributed by atoms with Crippen molar-refractivity contribution in [3.8, 4) is 0 Å². The van der Waals surface area contributed by atoms with Crippen molar-refractivity contribution in [2.75, 3.05) is 69.2 Å². The molecule has 2 aromatic heterocycles. The second-order valence-corrected chi connectivity index (χ2v) is 7.17. The molecule has 0 radical (unpaired) electrons. The van der Waals surface area contributed by atoms with Gasteiger partial charge in [0.2, 0.25) is 11.6 Å². The van der Waals surface area contributed by atoms with Gasteiger partial charge >= 0.3 is 5.69 Å². The van der Waals surface area contributed by atoms with Crippen LogP contribution < -0.4 is 9.80 Å². The van der Waals surface area contributed by atoms with Crippen LogP contribution in [0.1, 0.15) is 10.6 Å². The summed E-state index contributed by atoms with van der Waals surface area (Å²) >= 11 is 0. The molecule has 0 unspecified atom stereocenters. The Bertz CT molecular complexity index is 872. The number of nitro groups is 1. The highest BCUT2D eigenvalue weighted by molar-refractivity contribution is 5.91. The number of aromatic nitrogens is 2. The quantitative estimate of drug-likeness (QED) is 0.539. The highest BCUT2D eigenvalue weighted by Crippen LogP contribution is 2.35. The lowest BCUT2D eigenvalue weighted by Crippen LogP contribution is -2.49. The lowest BCUT2D eigenvalue weighted by atomic mass is 10.2. The molecule has 4 rings (SSSR count). The fraction of sp³-hybridized carbons (Fsp3) is 0.500. The monoisotopic (exact) mass is 401 g/mol. The van der Waals surface area contributed by atoms with E-state index in [9.17, 15) is 14.9 Å². The zero-order valence-electron chi connectivity index (χ0n) is 16.2. The first-order chi connectivity index (χ1) is 14.0. The number of piperazine rings is 2. The molecule has 0 bridgehead atoms. The van der Waals surface area contributed by atoms with Crippen molar-refractivity contribution in [3.63, 3.8) is 0 Å². The summed E-state index contributed by atoms with van der Waals surface area (Å²) in [7, 11) is 2.03. The third-order valence-corrected chi connectivity index (χ3v) is 5.37. The second kappa shape index (κ2) is 8.03. The molecule has 0 atom stereocenters. The van der Waals surface area contributed by atoms with Gasteiger partial charge in [-0.05, 0) is 19.2 Å². The van der Waals surface area contributed by atoms with E-state index in [0.717, 1.165) is 13.1 Å². The Hall–Kier alpha value is -3.21. The molecule has 1 amide bonds. The number of anilines is 2. The molecule has 0 spiro atoms. The maximum absolute atomic E-state index is 12.4. The normalized spacial score (nSPS) is 18.2. The predicted molar refractivity (Wildman–Crippen MR) is 105 cm³/mol. The largest absolute Gasteiger partial charge is 0.459 e. The molecule has 4 heterocycles. The van der Waals surface area contributed by atoms with Crippen molar-refractivity contribution < 1.29 is 14.1 Å². The van der Waals surface area contributed by atoms with Crippen LogP contribution in [-0.2, 0) is 0 Å². The number of likely N-dealkylation sites (N-methyl/N-ethyl adjacent to an activating group) is 1. The molecular weight excluding hydrogens is 378 g/mol. The Morgan fingerprint density at radius 1 is 1.03 bits per heavy atom. The molecule has 2 aliphatic heterocycles. The number of carbonyl (C=O) groups excluding carboxylic acids is 1. The molecule has 2 saturated heterocycles. The smallest absolute Gasteiger partial charge is 0.353 e. The van der Waals surface area contributed by atoms with Gasteiger partial charge < -0.3 is 24.0 Å². The Kier molecular flexibility index (Phi) is 5.30. The molecule has 11 heteroatoms. The number of hydrogen-bond donors (Lipinski definition) is 0. The van der Waals surface area contributed by atoms with Gasteiger partial charge in [-0.15, -0.1) is 0 Å². The molecule has 0 aromatic carbocycles. The van der Waals surface area contributed by atoms with Crippen molar-refractivity contribution in [2.45, 2.75) is 0 Å². The maximum Gasteiger partial charge on any atom is 0.353 e. The fourth-order valence-electron chi connectivity index (χ4n) is 3.68. The van der Waals surface area contributed by atoms with E-state index in [4.69, 9.17) is 4.42 Å². The first kappa shape index (κ1) is 19.1. The van der Waals surface area contributed by atoms with Crippen LogP contribution in [0.25, 0.3) is 0 Å². The van der Waals surface area contributed by atoms with Gasteiger partial charge in [-0.2, -0.15) is 0 Å². The van der Waals surface area contributed by atoms with Gasteiger partial charge in [0, 0.05) is 52.4 Å². The van der Waals surface area contributed by atoms with Gasteiger partial charge in [-0.1, -0.05) is 0 Å². The SMILES string of the molecule is CN1CCN(c2ncnc(N3CCN(C(=O)c4ccco4)CC3)c2[N+](=O)[O-])CC1. The standard InChI is InChI=1S/C18H23N7O4/c1-21-4-6-22(7-5-21)16-15(25(27)28)17(20-13-19-16)23-8-10-24(11-9-23)18(26)14-3-2-12-29-14/h2-3,12-13H,4-11H2,1H3. The minimum atomic E-state index is -0.399. The van der Waals surface area contributed by atoms with Crippen LogP contribution in [0.15, 0.2) is 29.1 Å². The highest BCUT2D eigenvalue weighted by atomic mass is 16.6. The van der Waals surface area contributed by atoms with E-state index < -0.39 is 4.92 Å². The van der Waals surface area contributed by atoms with Crippen molar-refractivity contribution in [2.24, 2.45) is 0 Å². The van der Waals surface area contributed by atoms with Gasteiger partial charge in [0.05, 0.1) is 11.2 Å². The average molecular weight is 401 g/mol. The number of carbonyl (C=O) groups is 1. The number of furan rings is 1. The van der Waals surface area contributed by atoms with Crippen molar-refractivity contribution in [1.29, 1.82) is 0 Å². The molecule has 0 aliphatic carbocycles. The summed E-state index contributed by atoms with van der Waals surface area (Å²) in [6.07, 6.45) is 2.85. The molecule has 0 N–H and O–H groups in total. The molecule has 2 fully saturated rings. The summed E-state index contributed by atoms with van der Waals surface area (Å²) in [4.78, 5) is 40.1. The van der Waals surface area contributed by atoms with Crippen LogP contribution in [0.2, 0.25) is 0 Å². The molecule has 29 heavy (non-hydrogen) atoms. The molecular formula is C18H23N7O4. The molecule has 0 saturated carbocycles. The summed E-state index contributed by atoms with van der Waals surface area (Å²) < 4.78 is 5.18. The summed E-state index contributed by atoms with van der Waals surface area (Å²) in [6.45, 7) is 4.78. The summed E-state index contributed by atoms with van der Waals surface area (Å²) in [5.41, 5.74) is -0.0668. The van der Waals surface area contributed by atoms with E-state index >= 15 is 0 Å². The van der Waals surface area contributed by atoms with Crippen LogP contribution in [0.5, 0.6) is 0 Å². The van der Waals surface area contributed by atoms with Crippen LogP contribution in [0.4, 0.5) is 17.3 Å². The van der Waals surface area contributed by atoms with E-state index in [1.807, 2.05) is 16.8 Å². The second-order valence-electron chi connectivity index (χ2n) is 7.17.